The van der Waals surface area contributed by atoms with Crippen molar-refractivity contribution in [3.05, 3.63) is 54.4 Å². The molecule has 0 aliphatic heterocycles. The van der Waals surface area contributed by atoms with Crippen LogP contribution < -0.4 is 0 Å². The molecule has 1 unspecified atom stereocenters. The van der Waals surface area contributed by atoms with Crippen LogP contribution in [0.2, 0.25) is 0 Å². The number of carboxylic acid groups (broad SMARTS) is 1. The van der Waals surface area contributed by atoms with Gasteiger partial charge in [0.15, 0.2) is 5.82 Å². The number of aromatic nitrogens is 4. The highest BCUT2D eigenvalue weighted by Crippen LogP contribution is 2.23. The van der Waals surface area contributed by atoms with Crippen LogP contribution in [0.1, 0.15) is 68.7 Å². The molecule has 1 N–H and O–H groups in total. The molecule has 0 radical (unpaired) electrons. The second-order valence-corrected chi connectivity index (χ2v) is 6.49. The van der Waals surface area contributed by atoms with Crippen molar-refractivity contribution in [2.75, 3.05) is 0 Å². The van der Waals surface area contributed by atoms with Gasteiger partial charge in [0.25, 0.3) is 0 Å². The molecule has 6 heteroatoms. The molecular formula is C20H28N4O2. The fourth-order valence-corrected chi connectivity index (χ4v) is 3.06. The van der Waals surface area contributed by atoms with Gasteiger partial charge in [-0.25, -0.2) is 4.68 Å². The molecule has 0 aliphatic carbocycles. The molecule has 1 aromatic carbocycles. The zero-order valence-electron chi connectivity index (χ0n) is 15.3. The number of hydrogen-bond acceptors (Lipinski definition) is 4. The monoisotopic (exact) mass is 356 g/mol. The summed E-state index contributed by atoms with van der Waals surface area (Å²) in [5.74, 6) is -1.38. The van der Waals surface area contributed by atoms with Crippen molar-refractivity contribution in [1.29, 1.82) is 0 Å². The Bertz CT molecular complexity index is 669. The first-order chi connectivity index (χ1) is 12.7. The van der Waals surface area contributed by atoms with Gasteiger partial charge in [-0.15, -0.1) is 11.7 Å². The molecule has 0 spiro atoms. The molecule has 0 amide bonds. The predicted octanol–water partition coefficient (Wildman–Crippen LogP) is 4.20. The van der Waals surface area contributed by atoms with E-state index in [1.165, 1.54) is 32.1 Å². The Balaban J connectivity index is 1.82. The molecule has 140 valence electrons. The molecule has 0 aliphatic rings. The van der Waals surface area contributed by atoms with Gasteiger partial charge in [0.1, 0.15) is 5.92 Å². The third kappa shape index (κ3) is 6.10. The third-order valence-corrected chi connectivity index (χ3v) is 4.48. The number of allylic oxidation sites excluding steroid dienone is 1. The summed E-state index contributed by atoms with van der Waals surface area (Å²) < 4.78 is 1.63. The molecule has 1 aromatic heterocycles. The fourth-order valence-electron chi connectivity index (χ4n) is 3.06. The molecule has 2 aromatic rings. The van der Waals surface area contributed by atoms with Crippen molar-refractivity contribution in [1.82, 2.24) is 20.2 Å². The summed E-state index contributed by atoms with van der Waals surface area (Å²) in [4.78, 5) is 11.8. The maximum absolute atomic E-state index is 11.8. The molecule has 1 heterocycles. The Morgan fingerprint density at radius 1 is 1.08 bits per heavy atom. The number of nitrogens with zero attached hydrogens (tertiary/aromatic N) is 4. The van der Waals surface area contributed by atoms with E-state index in [1.54, 1.807) is 16.8 Å². The van der Waals surface area contributed by atoms with Crippen molar-refractivity contribution in [3.8, 4) is 0 Å². The van der Waals surface area contributed by atoms with E-state index in [4.69, 9.17) is 0 Å². The molecule has 0 saturated carbocycles. The van der Waals surface area contributed by atoms with Crippen molar-refractivity contribution < 1.29 is 9.90 Å². The van der Waals surface area contributed by atoms with Gasteiger partial charge in [-0.1, -0.05) is 68.5 Å². The minimum atomic E-state index is -0.938. The summed E-state index contributed by atoms with van der Waals surface area (Å²) in [7, 11) is 0. The zero-order valence-corrected chi connectivity index (χ0v) is 15.3. The molecule has 1 atom stereocenters. The highest BCUT2D eigenvalue weighted by atomic mass is 16.4. The number of aryl methyl sites for hydroxylation is 1. The van der Waals surface area contributed by atoms with Gasteiger partial charge in [-0.2, -0.15) is 0 Å². The summed E-state index contributed by atoms with van der Waals surface area (Å²) in [5, 5.41) is 21.3. The van der Waals surface area contributed by atoms with Gasteiger partial charge in [0.2, 0.25) is 0 Å². The van der Waals surface area contributed by atoms with Crippen LogP contribution in [0.4, 0.5) is 0 Å². The second-order valence-electron chi connectivity index (χ2n) is 6.49. The molecular weight excluding hydrogens is 328 g/mol. The number of unbranched alkanes of at least 4 members (excludes halogenated alkanes) is 7. The van der Waals surface area contributed by atoms with Crippen molar-refractivity contribution in [2.45, 2.75) is 63.8 Å². The van der Waals surface area contributed by atoms with E-state index in [1.807, 2.05) is 24.3 Å². The first-order valence-electron chi connectivity index (χ1n) is 9.38. The molecule has 26 heavy (non-hydrogen) atoms. The van der Waals surface area contributed by atoms with Crippen LogP contribution in [-0.2, 0) is 11.3 Å². The number of rotatable bonds is 13. The maximum atomic E-state index is 11.8. The molecule has 2 rings (SSSR count). The van der Waals surface area contributed by atoms with Gasteiger partial charge >= 0.3 is 5.97 Å². The first-order valence-corrected chi connectivity index (χ1v) is 9.38. The van der Waals surface area contributed by atoms with Gasteiger partial charge < -0.3 is 5.11 Å². The number of carboxylic acids is 1. The Labute approximate surface area is 154 Å². The number of tetrazole rings is 1. The quantitative estimate of drug-likeness (QED) is 0.430. The van der Waals surface area contributed by atoms with Gasteiger partial charge in [-0.3, -0.25) is 4.79 Å². The predicted molar refractivity (Wildman–Crippen MR) is 101 cm³/mol. The zero-order chi connectivity index (χ0) is 18.6. The topological polar surface area (TPSA) is 80.9 Å². The lowest BCUT2D eigenvalue weighted by Gasteiger charge is -2.12. The fraction of sp³-hybridized carbons (Fsp3) is 0.500. The lowest BCUT2D eigenvalue weighted by atomic mass is 9.98. The van der Waals surface area contributed by atoms with Gasteiger partial charge in [0.05, 0.1) is 0 Å². The third-order valence-electron chi connectivity index (χ3n) is 4.48. The van der Waals surface area contributed by atoms with Crippen LogP contribution >= 0.6 is 0 Å². The Morgan fingerprint density at radius 2 is 1.73 bits per heavy atom. The summed E-state index contributed by atoms with van der Waals surface area (Å²) in [5.41, 5.74) is 0.690. The highest BCUT2D eigenvalue weighted by molar-refractivity contribution is 5.79. The van der Waals surface area contributed by atoms with E-state index in [0.29, 0.717) is 17.9 Å². The van der Waals surface area contributed by atoms with E-state index in [2.05, 4.69) is 22.1 Å². The Morgan fingerprint density at radius 3 is 2.38 bits per heavy atom. The maximum Gasteiger partial charge on any atom is 0.318 e. The number of carbonyl (C=O) groups is 1. The van der Waals surface area contributed by atoms with Gasteiger partial charge in [-0.05, 0) is 35.3 Å². The number of hydrogen-bond donors (Lipinski definition) is 1. The smallest absolute Gasteiger partial charge is 0.318 e. The number of aliphatic carboxylic acids is 1. The van der Waals surface area contributed by atoms with E-state index >= 15 is 0 Å². The van der Waals surface area contributed by atoms with E-state index in [9.17, 15) is 9.90 Å². The normalized spacial score (nSPS) is 12.0. The SMILES string of the molecule is C=CCCCCCCCCCn1nnnc1C(C(=O)O)c1ccccc1. The number of benzene rings is 1. The average molecular weight is 356 g/mol. The van der Waals surface area contributed by atoms with Crippen LogP contribution in [-0.4, -0.2) is 31.3 Å². The van der Waals surface area contributed by atoms with Crippen LogP contribution in [0.5, 0.6) is 0 Å². The summed E-state index contributed by atoms with van der Waals surface area (Å²) in [6, 6.07) is 9.11. The summed E-state index contributed by atoms with van der Waals surface area (Å²) in [6.07, 6.45) is 11.3. The largest absolute Gasteiger partial charge is 0.480 e. The van der Waals surface area contributed by atoms with Gasteiger partial charge in [0, 0.05) is 6.54 Å². The second kappa shape index (κ2) is 11.2. The standard InChI is InChI=1S/C20H28N4O2/c1-2-3-4-5-6-7-8-9-13-16-24-19(21-22-23-24)18(20(25)26)17-14-11-10-12-15-17/h2,10-12,14-15,18H,1,3-9,13,16H2,(H,25,26). The minimum absolute atomic E-state index is 0.396. The lowest BCUT2D eigenvalue weighted by Crippen LogP contribution is -2.19. The van der Waals surface area contributed by atoms with E-state index in [-0.39, 0.29) is 0 Å². The van der Waals surface area contributed by atoms with E-state index in [0.717, 1.165) is 19.3 Å². The molecule has 0 fully saturated rings. The van der Waals surface area contributed by atoms with Crippen LogP contribution in [0.25, 0.3) is 0 Å². The van der Waals surface area contributed by atoms with Crippen molar-refractivity contribution in [3.63, 3.8) is 0 Å². The molecule has 0 bridgehead atoms. The lowest BCUT2D eigenvalue weighted by molar-refractivity contribution is -0.138. The highest BCUT2D eigenvalue weighted by Gasteiger charge is 2.27. The van der Waals surface area contributed by atoms with Crippen LogP contribution in [0.3, 0.4) is 0 Å². The summed E-state index contributed by atoms with van der Waals surface area (Å²) in [6.45, 7) is 4.39. The Hall–Kier alpha value is -2.50. The van der Waals surface area contributed by atoms with Crippen molar-refractivity contribution >= 4 is 5.97 Å². The molecule has 6 nitrogen and oxygen atoms in total. The summed E-state index contributed by atoms with van der Waals surface area (Å²) >= 11 is 0. The van der Waals surface area contributed by atoms with Crippen molar-refractivity contribution in [2.24, 2.45) is 0 Å². The van der Waals surface area contributed by atoms with Crippen LogP contribution in [0.15, 0.2) is 43.0 Å². The molecule has 0 saturated heterocycles. The van der Waals surface area contributed by atoms with E-state index < -0.39 is 11.9 Å². The Kier molecular flexibility index (Phi) is 8.52. The first kappa shape index (κ1) is 19.8. The minimum Gasteiger partial charge on any atom is -0.480 e. The van der Waals surface area contributed by atoms with Crippen LogP contribution in [0, 0.1) is 0 Å². The average Bonchev–Trinajstić information content (AvgIpc) is 3.09.